The minimum absolute atomic E-state index is 0.0335. The number of rotatable bonds is 11. The fourth-order valence-electron chi connectivity index (χ4n) is 4.87. The number of carbonyl (C=O) groups is 2. The third kappa shape index (κ3) is 6.55. The van der Waals surface area contributed by atoms with Crippen molar-refractivity contribution < 1.29 is 19.1 Å². The van der Waals surface area contributed by atoms with Gasteiger partial charge in [0.2, 0.25) is 0 Å². The lowest BCUT2D eigenvalue weighted by Crippen LogP contribution is -2.45. The molecule has 0 radical (unpaired) electrons. The van der Waals surface area contributed by atoms with E-state index in [4.69, 9.17) is 9.47 Å². The number of methoxy groups -OCH3 is 1. The van der Waals surface area contributed by atoms with Crippen LogP contribution in [-0.2, 0) is 16.1 Å². The molecule has 7 heteroatoms. The summed E-state index contributed by atoms with van der Waals surface area (Å²) in [5, 5.41) is 6.04. The maximum atomic E-state index is 12.6. The lowest BCUT2D eigenvalue weighted by molar-refractivity contribution is -0.124. The molecule has 1 aliphatic carbocycles. The highest BCUT2D eigenvalue weighted by Crippen LogP contribution is 2.59. The molecule has 7 nitrogen and oxygen atoms in total. The van der Waals surface area contributed by atoms with E-state index in [1.165, 1.54) is 0 Å². The number of nitrogens with zero attached hydrogens (tertiary/aromatic N) is 1. The third-order valence-corrected chi connectivity index (χ3v) is 7.21. The second kappa shape index (κ2) is 12.0. The molecule has 186 valence electrons. The van der Waals surface area contributed by atoms with E-state index in [9.17, 15) is 9.59 Å². The van der Waals surface area contributed by atoms with Crippen LogP contribution in [0.4, 0.5) is 4.79 Å². The summed E-state index contributed by atoms with van der Waals surface area (Å²) in [4.78, 5) is 26.8. The summed E-state index contributed by atoms with van der Waals surface area (Å²) < 4.78 is 11.0. The number of ether oxygens (including phenoxy) is 2. The number of hydrogen-bond donors (Lipinski definition) is 2. The van der Waals surface area contributed by atoms with Crippen molar-refractivity contribution in [3.8, 4) is 5.75 Å². The highest BCUT2D eigenvalue weighted by atomic mass is 16.5. The first-order valence-corrected chi connectivity index (χ1v) is 12.3. The second-order valence-electron chi connectivity index (χ2n) is 9.35. The van der Waals surface area contributed by atoms with E-state index in [1.807, 2.05) is 36.1 Å². The van der Waals surface area contributed by atoms with Crippen LogP contribution in [0.3, 0.4) is 0 Å². The van der Waals surface area contributed by atoms with E-state index in [-0.39, 0.29) is 24.0 Å². The average molecular weight is 470 g/mol. The first-order valence-electron chi connectivity index (χ1n) is 12.3. The normalized spacial score (nSPS) is 19.1. The molecule has 1 atom stereocenters. The number of piperidine rings is 1. The molecule has 2 aliphatic rings. The molecule has 0 aromatic heterocycles. The first-order chi connectivity index (χ1) is 16.4. The predicted octanol–water partition coefficient (Wildman–Crippen LogP) is 4.40. The van der Waals surface area contributed by atoms with Gasteiger partial charge in [-0.05, 0) is 55.6 Å². The molecule has 1 heterocycles. The number of benzene rings is 1. The van der Waals surface area contributed by atoms with Crippen molar-refractivity contribution in [1.82, 2.24) is 15.5 Å². The van der Waals surface area contributed by atoms with Crippen LogP contribution in [0.25, 0.3) is 0 Å². The van der Waals surface area contributed by atoms with E-state index in [0.717, 1.165) is 67.8 Å². The number of hydrogen-bond acceptors (Lipinski definition) is 4. The van der Waals surface area contributed by atoms with Gasteiger partial charge in [0.05, 0.1) is 12.9 Å². The van der Waals surface area contributed by atoms with Gasteiger partial charge in [-0.2, -0.15) is 0 Å². The monoisotopic (exact) mass is 469 g/mol. The maximum Gasteiger partial charge on any atom is 0.317 e. The van der Waals surface area contributed by atoms with Crippen LogP contribution in [0.1, 0.15) is 51.5 Å². The van der Waals surface area contributed by atoms with Gasteiger partial charge in [0.25, 0.3) is 5.91 Å². The highest BCUT2D eigenvalue weighted by molar-refractivity contribution is 5.77. The SMILES string of the molecule is C=C/C(CCC)=C(/C)OCC(=O)NCC1CC12CCN(C(=O)NCc1ccccc1OC)CC2. The molecule has 3 rings (SSSR count). The first kappa shape index (κ1) is 25.7. The smallest absolute Gasteiger partial charge is 0.317 e. The Kier molecular flexibility index (Phi) is 9.02. The van der Waals surface area contributed by atoms with Gasteiger partial charge in [0.15, 0.2) is 6.61 Å². The number of urea groups is 1. The van der Waals surface area contributed by atoms with Crippen LogP contribution in [0.15, 0.2) is 48.3 Å². The molecule has 1 aliphatic heterocycles. The van der Waals surface area contributed by atoms with Crippen LogP contribution < -0.4 is 15.4 Å². The van der Waals surface area contributed by atoms with Crippen LogP contribution in [0.5, 0.6) is 5.75 Å². The summed E-state index contributed by atoms with van der Waals surface area (Å²) in [6.45, 7) is 10.5. The summed E-state index contributed by atoms with van der Waals surface area (Å²) in [5.74, 6) is 1.94. The standard InChI is InChI=1S/C27H39N3O4/c1-5-9-21(6-2)20(3)34-19-25(31)28-18-23-16-27(23)12-14-30(15-13-27)26(32)29-17-22-10-7-8-11-24(22)33-4/h6-8,10-11,23H,2,5,9,12-19H2,1,3-4H3,(H,28,31)(H,29,32)/b21-20+. The zero-order valence-electron chi connectivity index (χ0n) is 20.8. The van der Waals surface area contributed by atoms with E-state index in [1.54, 1.807) is 13.2 Å². The van der Waals surface area contributed by atoms with Crippen LogP contribution >= 0.6 is 0 Å². The number of carbonyl (C=O) groups excluding carboxylic acids is 2. The van der Waals surface area contributed by atoms with E-state index in [0.29, 0.717) is 19.0 Å². The highest BCUT2D eigenvalue weighted by Gasteiger charge is 2.54. The van der Waals surface area contributed by atoms with Gasteiger partial charge in [0.1, 0.15) is 5.75 Å². The Balaban J connectivity index is 1.36. The second-order valence-corrected chi connectivity index (χ2v) is 9.35. The van der Waals surface area contributed by atoms with Crippen molar-refractivity contribution in [1.29, 1.82) is 0 Å². The molecule has 2 N–H and O–H groups in total. The van der Waals surface area contributed by atoms with E-state index < -0.39 is 0 Å². The van der Waals surface area contributed by atoms with Gasteiger partial charge in [-0.15, -0.1) is 0 Å². The summed E-state index contributed by atoms with van der Waals surface area (Å²) >= 11 is 0. The Hall–Kier alpha value is -2.96. The fourth-order valence-corrected chi connectivity index (χ4v) is 4.87. The van der Waals surface area contributed by atoms with Crippen molar-refractivity contribution in [3.63, 3.8) is 0 Å². The molecular weight excluding hydrogens is 430 g/mol. The van der Waals surface area contributed by atoms with Gasteiger partial charge in [0, 0.05) is 31.7 Å². The molecule has 1 saturated heterocycles. The number of para-hydroxylation sites is 1. The lowest BCUT2D eigenvalue weighted by atomic mass is 9.91. The number of likely N-dealkylation sites (tertiary alicyclic amines) is 1. The van der Waals surface area contributed by atoms with E-state index >= 15 is 0 Å². The Morgan fingerprint density at radius 2 is 1.97 bits per heavy atom. The largest absolute Gasteiger partial charge is 0.496 e. The molecule has 2 fully saturated rings. The molecule has 3 amide bonds. The Morgan fingerprint density at radius 1 is 1.24 bits per heavy atom. The van der Waals surface area contributed by atoms with Gasteiger partial charge in [-0.25, -0.2) is 4.79 Å². The van der Waals surface area contributed by atoms with Crippen LogP contribution in [0, 0.1) is 11.3 Å². The van der Waals surface area contributed by atoms with Crippen LogP contribution in [0.2, 0.25) is 0 Å². The molecule has 1 saturated carbocycles. The van der Waals surface area contributed by atoms with Gasteiger partial charge in [-0.1, -0.05) is 44.2 Å². The van der Waals surface area contributed by atoms with Crippen molar-refractivity contribution in [2.24, 2.45) is 11.3 Å². The molecule has 1 aromatic rings. The molecular formula is C27H39N3O4. The van der Waals surface area contributed by atoms with Crippen molar-refractivity contribution in [2.45, 2.75) is 52.5 Å². The van der Waals surface area contributed by atoms with Crippen molar-refractivity contribution in [2.75, 3.05) is 33.4 Å². The quantitative estimate of drug-likeness (QED) is 0.372. The number of nitrogens with one attached hydrogen (secondary N) is 2. The molecule has 34 heavy (non-hydrogen) atoms. The molecule has 0 bridgehead atoms. The van der Waals surface area contributed by atoms with Crippen molar-refractivity contribution >= 4 is 11.9 Å². The summed E-state index contributed by atoms with van der Waals surface area (Å²) in [5.41, 5.74) is 2.28. The number of amides is 3. The van der Waals surface area contributed by atoms with Gasteiger partial charge in [-0.3, -0.25) is 4.79 Å². The summed E-state index contributed by atoms with van der Waals surface area (Å²) in [6, 6.07) is 7.68. The Bertz CT molecular complexity index is 903. The molecule has 1 aromatic carbocycles. The van der Waals surface area contributed by atoms with Crippen molar-refractivity contribution in [3.05, 3.63) is 53.8 Å². The third-order valence-electron chi connectivity index (χ3n) is 7.21. The molecule has 1 unspecified atom stereocenters. The minimum Gasteiger partial charge on any atom is -0.496 e. The zero-order chi connectivity index (χ0) is 24.6. The minimum atomic E-state index is -0.0885. The maximum absolute atomic E-state index is 12.6. The Morgan fingerprint density at radius 3 is 2.65 bits per heavy atom. The zero-order valence-corrected chi connectivity index (χ0v) is 20.8. The summed E-state index contributed by atoms with van der Waals surface area (Å²) in [7, 11) is 1.64. The number of allylic oxidation sites excluding steroid dienone is 3. The van der Waals surface area contributed by atoms with Crippen LogP contribution in [-0.4, -0.2) is 50.2 Å². The average Bonchev–Trinajstić information content (AvgIpc) is 3.54. The lowest BCUT2D eigenvalue weighted by Gasteiger charge is -2.33. The molecule has 1 spiro atoms. The van der Waals surface area contributed by atoms with Gasteiger partial charge < -0.3 is 25.0 Å². The van der Waals surface area contributed by atoms with E-state index in [2.05, 4.69) is 24.1 Å². The fraction of sp³-hybridized carbons (Fsp3) is 0.556. The Labute approximate surface area is 203 Å². The summed E-state index contributed by atoms with van der Waals surface area (Å²) in [6.07, 6.45) is 6.79. The topological polar surface area (TPSA) is 79.9 Å². The predicted molar refractivity (Wildman–Crippen MR) is 133 cm³/mol. The van der Waals surface area contributed by atoms with Gasteiger partial charge >= 0.3 is 6.03 Å².